The molecular formula is C9H9ClN4O3S. The molecule has 2 aromatic rings. The Labute approximate surface area is 108 Å². The zero-order valence-corrected chi connectivity index (χ0v) is 10.8. The van der Waals surface area contributed by atoms with E-state index in [1.54, 1.807) is 18.2 Å². The Hall–Kier alpha value is -1.64. The fourth-order valence-corrected chi connectivity index (χ4v) is 1.89. The van der Waals surface area contributed by atoms with Crippen LogP contribution in [0.2, 0.25) is 5.02 Å². The smallest absolute Gasteiger partial charge is 0.273 e. The first kappa shape index (κ1) is 12.8. The van der Waals surface area contributed by atoms with Crippen molar-refractivity contribution < 1.29 is 13.2 Å². The fourth-order valence-electron chi connectivity index (χ4n) is 1.34. The molecule has 0 unspecified atom stereocenters. The van der Waals surface area contributed by atoms with Crippen LogP contribution in [0, 0.1) is 0 Å². The third-order valence-corrected chi connectivity index (χ3v) is 3.10. The Morgan fingerprint density at radius 1 is 1.44 bits per heavy atom. The van der Waals surface area contributed by atoms with Gasteiger partial charge in [0, 0.05) is 5.02 Å². The van der Waals surface area contributed by atoms with Crippen molar-refractivity contribution in [2.24, 2.45) is 5.14 Å². The zero-order valence-electron chi connectivity index (χ0n) is 9.21. The van der Waals surface area contributed by atoms with Crippen LogP contribution in [-0.4, -0.2) is 30.7 Å². The van der Waals surface area contributed by atoms with Gasteiger partial charge in [0.05, 0.1) is 12.7 Å². The molecule has 1 aromatic heterocycles. The summed E-state index contributed by atoms with van der Waals surface area (Å²) in [7, 11) is -2.45. The van der Waals surface area contributed by atoms with Gasteiger partial charge in [-0.05, 0) is 18.2 Å². The molecule has 0 amide bonds. The van der Waals surface area contributed by atoms with Gasteiger partial charge in [0.15, 0.2) is 5.82 Å². The average Bonchev–Trinajstić information content (AvgIpc) is 2.77. The number of hydrogen-bond acceptors (Lipinski definition) is 5. The zero-order chi connectivity index (χ0) is 13.3. The van der Waals surface area contributed by atoms with E-state index in [1.807, 2.05) is 0 Å². The Morgan fingerprint density at radius 3 is 2.72 bits per heavy atom. The largest absolute Gasteiger partial charge is 0.496 e. The number of aromatic nitrogens is 3. The van der Waals surface area contributed by atoms with Crippen LogP contribution >= 0.6 is 11.6 Å². The van der Waals surface area contributed by atoms with Crippen molar-refractivity contribution in [3.05, 3.63) is 23.2 Å². The predicted octanol–water partition coefficient (Wildman–Crippen LogP) is 0.781. The van der Waals surface area contributed by atoms with Crippen molar-refractivity contribution in [3.63, 3.8) is 0 Å². The first-order chi connectivity index (χ1) is 8.41. The van der Waals surface area contributed by atoms with Crippen LogP contribution < -0.4 is 9.88 Å². The minimum absolute atomic E-state index is 0.160. The number of ether oxygens (including phenoxy) is 1. The molecule has 3 N–H and O–H groups in total. The molecule has 1 aromatic carbocycles. The van der Waals surface area contributed by atoms with E-state index in [-0.39, 0.29) is 5.82 Å². The summed E-state index contributed by atoms with van der Waals surface area (Å²) in [5.41, 5.74) is 0.507. The predicted molar refractivity (Wildman–Crippen MR) is 64.8 cm³/mol. The molecule has 9 heteroatoms. The fraction of sp³-hybridized carbons (Fsp3) is 0.111. The summed E-state index contributed by atoms with van der Waals surface area (Å²) < 4.78 is 27.3. The van der Waals surface area contributed by atoms with Gasteiger partial charge in [-0.15, -0.1) is 0 Å². The monoisotopic (exact) mass is 288 g/mol. The molecular weight excluding hydrogens is 280 g/mol. The van der Waals surface area contributed by atoms with Crippen molar-refractivity contribution in [1.82, 2.24) is 15.2 Å². The standard InChI is InChI=1S/C9H9ClN4O3S/c1-17-7-4-5(10)2-3-6(7)8-12-9(14-13-8)18(11,15)16/h2-4H,1H3,(H2,11,15,16)(H,12,13,14). The SMILES string of the molecule is COc1cc(Cl)ccc1-c1n[nH]c(S(N)(=O)=O)n1. The van der Waals surface area contributed by atoms with Gasteiger partial charge < -0.3 is 4.74 Å². The normalized spacial score (nSPS) is 11.5. The number of hydrogen-bond donors (Lipinski definition) is 2. The number of nitrogens with zero attached hydrogens (tertiary/aromatic N) is 2. The van der Waals surface area contributed by atoms with E-state index < -0.39 is 15.2 Å². The molecule has 0 saturated carbocycles. The van der Waals surface area contributed by atoms with Gasteiger partial charge in [-0.1, -0.05) is 11.6 Å². The van der Waals surface area contributed by atoms with Gasteiger partial charge in [0.1, 0.15) is 5.75 Å². The van der Waals surface area contributed by atoms with E-state index in [0.717, 1.165) is 0 Å². The number of methoxy groups -OCH3 is 1. The van der Waals surface area contributed by atoms with Crippen LogP contribution in [0.3, 0.4) is 0 Å². The molecule has 0 spiro atoms. The summed E-state index contributed by atoms with van der Waals surface area (Å²) in [5.74, 6) is 0.593. The molecule has 2 rings (SSSR count). The van der Waals surface area contributed by atoms with Crippen LogP contribution in [0.1, 0.15) is 0 Å². The molecule has 0 aliphatic carbocycles. The highest BCUT2D eigenvalue weighted by Crippen LogP contribution is 2.30. The minimum atomic E-state index is -3.91. The van der Waals surface area contributed by atoms with Crippen LogP contribution in [0.25, 0.3) is 11.4 Å². The molecule has 0 aliphatic heterocycles. The molecule has 0 aliphatic rings. The number of primary sulfonamides is 1. The Bertz CT molecular complexity index is 683. The number of nitrogens with one attached hydrogen (secondary N) is 1. The summed E-state index contributed by atoms with van der Waals surface area (Å²) >= 11 is 5.82. The highest BCUT2D eigenvalue weighted by Gasteiger charge is 2.17. The second-order valence-corrected chi connectivity index (χ2v) is 5.27. The maximum Gasteiger partial charge on any atom is 0.273 e. The van der Waals surface area contributed by atoms with E-state index in [1.165, 1.54) is 7.11 Å². The molecule has 0 atom stereocenters. The van der Waals surface area contributed by atoms with Gasteiger partial charge in [-0.3, -0.25) is 0 Å². The third kappa shape index (κ3) is 2.45. The number of aromatic amines is 1. The molecule has 0 saturated heterocycles. The number of sulfonamides is 1. The highest BCUT2D eigenvalue weighted by atomic mass is 35.5. The summed E-state index contributed by atoms with van der Waals surface area (Å²) in [6, 6.07) is 4.81. The molecule has 1 heterocycles. The van der Waals surface area contributed by atoms with Crippen LogP contribution in [0.5, 0.6) is 5.75 Å². The van der Waals surface area contributed by atoms with Gasteiger partial charge in [0.2, 0.25) is 0 Å². The van der Waals surface area contributed by atoms with Crippen molar-refractivity contribution >= 4 is 21.6 Å². The van der Waals surface area contributed by atoms with E-state index in [0.29, 0.717) is 16.3 Å². The van der Waals surface area contributed by atoms with Crippen molar-refractivity contribution in [3.8, 4) is 17.1 Å². The van der Waals surface area contributed by atoms with E-state index in [2.05, 4.69) is 15.2 Å². The van der Waals surface area contributed by atoms with Crippen LogP contribution in [-0.2, 0) is 10.0 Å². The molecule has 96 valence electrons. The summed E-state index contributed by atoms with van der Waals surface area (Å²) in [6.45, 7) is 0. The number of H-pyrrole nitrogens is 1. The average molecular weight is 289 g/mol. The van der Waals surface area contributed by atoms with E-state index in [4.69, 9.17) is 21.5 Å². The Kier molecular flexibility index (Phi) is 3.24. The molecule has 18 heavy (non-hydrogen) atoms. The topological polar surface area (TPSA) is 111 Å². The van der Waals surface area contributed by atoms with Gasteiger partial charge in [-0.2, -0.15) is 10.1 Å². The second kappa shape index (κ2) is 4.56. The first-order valence-electron chi connectivity index (χ1n) is 4.71. The molecule has 0 bridgehead atoms. The third-order valence-electron chi connectivity index (χ3n) is 2.14. The quantitative estimate of drug-likeness (QED) is 0.867. The van der Waals surface area contributed by atoms with Gasteiger partial charge in [0.25, 0.3) is 15.2 Å². The lowest BCUT2D eigenvalue weighted by atomic mass is 10.2. The first-order valence-corrected chi connectivity index (χ1v) is 6.63. The Morgan fingerprint density at radius 2 is 2.17 bits per heavy atom. The lowest BCUT2D eigenvalue weighted by molar-refractivity contribution is 0.416. The number of rotatable bonds is 3. The minimum Gasteiger partial charge on any atom is -0.496 e. The number of halogens is 1. The lowest BCUT2D eigenvalue weighted by Gasteiger charge is -2.05. The maximum absolute atomic E-state index is 11.1. The highest BCUT2D eigenvalue weighted by molar-refractivity contribution is 7.89. The maximum atomic E-state index is 11.1. The van der Waals surface area contributed by atoms with Crippen molar-refractivity contribution in [2.75, 3.05) is 7.11 Å². The molecule has 7 nitrogen and oxygen atoms in total. The molecule has 0 radical (unpaired) electrons. The lowest BCUT2D eigenvalue weighted by Crippen LogP contribution is -2.13. The van der Waals surface area contributed by atoms with E-state index in [9.17, 15) is 8.42 Å². The summed E-state index contributed by atoms with van der Waals surface area (Å²) in [6.07, 6.45) is 0. The van der Waals surface area contributed by atoms with Crippen LogP contribution in [0.4, 0.5) is 0 Å². The van der Waals surface area contributed by atoms with Crippen LogP contribution in [0.15, 0.2) is 23.4 Å². The second-order valence-electron chi connectivity index (χ2n) is 3.35. The van der Waals surface area contributed by atoms with E-state index >= 15 is 0 Å². The Balaban J connectivity index is 2.53. The molecule has 0 fully saturated rings. The summed E-state index contributed by atoms with van der Waals surface area (Å²) in [4.78, 5) is 3.79. The van der Waals surface area contributed by atoms with Gasteiger partial charge in [-0.25, -0.2) is 18.7 Å². The summed E-state index contributed by atoms with van der Waals surface area (Å²) in [5, 5.41) is 11.0. The number of benzene rings is 1. The number of nitrogens with two attached hydrogens (primary N) is 1. The van der Waals surface area contributed by atoms with Gasteiger partial charge >= 0.3 is 0 Å². The van der Waals surface area contributed by atoms with Crippen molar-refractivity contribution in [2.45, 2.75) is 5.16 Å². The van der Waals surface area contributed by atoms with Crippen molar-refractivity contribution in [1.29, 1.82) is 0 Å².